The van der Waals surface area contributed by atoms with Crippen molar-refractivity contribution in [2.45, 2.75) is 13.0 Å². The maximum atomic E-state index is 6.22. The normalized spacial score (nSPS) is 12.7. The first-order valence-electron chi connectivity index (χ1n) is 5.08. The molecule has 2 aromatic rings. The summed E-state index contributed by atoms with van der Waals surface area (Å²) in [5, 5.41) is 0.663. The van der Waals surface area contributed by atoms with Gasteiger partial charge in [0, 0.05) is 5.02 Å². The minimum Gasteiger partial charge on any atom is -0.466 e. The van der Waals surface area contributed by atoms with Gasteiger partial charge in [0.1, 0.15) is 11.8 Å². The number of hydrogen-bond donors (Lipinski definition) is 2. The summed E-state index contributed by atoms with van der Waals surface area (Å²) in [4.78, 5) is 0. The lowest BCUT2D eigenvalue weighted by Crippen LogP contribution is -2.29. The zero-order chi connectivity index (χ0) is 12.4. The first-order valence-corrected chi connectivity index (χ1v) is 6.25. The third kappa shape index (κ3) is 2.55. The molecule has 1 heterocycles. The van der Waals surface area contributed by atoms with E-state index in [1.54, 1.807) is 6.26 Å². The molecule has 5 heteroatoms. The van der Waals surface area contributed by atoms with Gasteiger partial charge in [0.15, 0.2) is 0 Å². The SMILES string of the molecule is Cc1ccc(C(NN)c2occc2Br)c(Cl)c1. The fraction of sp³-hybridized carbons (Fsp3) is 0.167. The van der Waals surface area contributed by atoms with Gasteiger partial charge in [0.05, 0.1) is 10.7 Å². The van der Waals surface area contributed by atoms with Crippen molar-refractivity contribution in [2.24, 2.45) is 5.84 Å². The molecule has 0 spiro atoms. The number of rotatable bonds is 3. The number of hydrazine groups is 1. The summed E-state index contributed by atoms with van der Waals surface area (Å²) in [5.41, 5.74) is 4.70. The van der Waals surface area contributed by atoms with Crippen molar-refractivity contribution < 1.29 is 4.42 Å². The summed E-state index contributed by atoms with van der Waals surface area (Å²) in [6.07, 6.45) is 1.60. The van der Waals surface area contributed by atoms with E-state index in [1.807, 2.05) is 31.2 Å². The Morgan fingerprint density at radius 1 is 1.41 bits per heavy atom. The van der Waals surface area contributed by atoms with Gasteiger partial charge in [-0.15, -0.1) is 0 Å². The third-order valence-electron chi connectivity index (χ3n) is 2.54. The molecule has 17 heavy (non-hydrogen) atoms. The topological polar surface area (TPSA) is 51.2 Å². The molecule has 0 aliphatic heterocycles. The van der Waals surface area contributed by atoms with Crippen LogP contribution in [-0.2, 0) is 0 Å². The highest BCUT2D eigenvalue weighted by Crippen LogP contribution is 2.32. The van der Waals surface area contributed by atoms with Crippen molar-refractivity contribution in [3.63, 3.8) is 0 Å². The average molecular weight is 316 g/mol. The van der Waals surface area contributed by atoms with E-state index < -0.39 is 0 Å². The van der Waals surface area contributed by atoms with E-state index in [2.05, 4.69) is 21.4 Å². The van der Waals surface area contributed by atoms with Gasteiger partial charge in [-0.3, -0.25) is 5.84 Å². The molecule has 0 fully saturated rings. The second-order valence-corrected chi connectivity index (χ2v) is 5.02. The van der Waals surface area contributed by atoms with Crippen LogP contribution in [0, 0.1) is 6.92 Å². The zero-order valence-corrected chi connectivity index (χ0v) is 11.5. The van der Waals surface area contributed by atoms with Crippen LogP contribution in [0.3, 0.4) is 0 Å². The fourth-order valence-electron chi connectivity index (χ4n) is 1.68. The molecule has 0 saturated heterocycles. The molecule has 1 aromatic heterocycles. The van der Waals surface area contributed by atoms with Crippen LogP contribution in [0.25, 0.3) is 0 Å². The van der Waals surface area contributed by atoms with Crippen molar-refractivity contribution in [2.75, 3.05) is 0 Å². The van der Waals surface area contributed by atoms with E-state index in [-0.39, 0.29) is 6.04 Å². The largest absolute Gasteiger partial charge is 0.466 e. The minimum atomic E-state index is -0.271. The van der Waals surface area contributed by atoms with Crippen LogP contribution in [0.15, 0.2) is 39.4 Å². The number of furan rings is 1. The van der Waals surface area contributed by atoms with Crippen LogP contribution in [0.1, 0.15) is 22.9 Å². The van der Waals surface area contributed by atoms with Crippen LogP contribution in [-0.4, -0.2) is 0 Å². The Balaban J connectivity index is 2.46. The summed E-state index contributed by atoms with van der Waals surface area (Å²) in [5.74, 6) is 6.29. The van der Waals surface area contributed by atoms with Crippen molar-refractivity contribution >= 4 is 27.5 Å². The van der Waals surface area contributed by atoms with Crippen molar-refractivity contribution in [3.8, 4) is 0 Å². The van der Waals surface area contributed by atoms with Crippen LogP contribution in [0.4, 0.5) is 0 Å². The molecule has 0 saturated carbocycles. The zero-order valence-electron chi connectivity index (χ0n) is 9.21. The Morgan fingerprint density at radius 3 is 2.71 bits per heavy atom. The molecule has 90 valence electrons. The standard InChI is InChI=1S/C12H12BrClN2O/c1-7-2-3-8(10(14)6-7)11(16-15)12-9(13)4-5-17-12/h2-6,11,16H,15H2,1H3. The van der Waals surface area contributed by atoms with Gasteiger partial charge >= 0.3 is 0 Å². The monoisotopic (exact) mass is 314 g/mol. The Hall–Kier alpha value is -0.810. The highest BCUT2D eigenvalue weighted by atomic mass is 79.9. The minimum absolute atomic E-state index is 0.271. The molecule has 3 N–H and O–H groups in total. The summed E-state index contributed by atoms with van der Waals surface area (Å²) >= 11 is 9.63. The van der Waals surface area contributed by atoms with Crippen LogP contribution in [0.2, 0.25) is 5.02 Å². The van der Waals surface area contributed by atoms with Crippen molar-refractivity contribution in [1.82, 2.24) is 5.43 Å². The lowest BCUT2D eigenvalue weighted by Gasteiger charge is -2.16. The molecule has 3 nitrogen and oxygen atoms in total. The number of aryl methyl sites for hydroxylation is 1. The highest BCUT2D eigenvalue weighted by Gasteiger charge is 2.20. The molecule has 2 rings (SSSR count). The summed E-state index contributed by atoms with van der Waals surface area (Å²) in [6.45, 7) is 1.99. The van der Waals surface area contributed by atoms with E-state index in [9.17, 15) is 0 Å². The molecule has 1 unspecified atom stereocenters. The molecule has 1 aromatic carbocycles. The second kappa shape index (κ2) is 5.23. The third-order valence-corrected chi connectivity index (χ3v) is 3.52. The van der Waals surface area contributed by atoms with E-state index in [4.69, 9.17) is 21.9 Å². The van der Waals surface area contributed by atoms with Crippen LogP contribution < -0.4 is 11.3 Å². The molecule has 0 aliphatic carbocycles. The molecule has 0 radical (unpaired) electrons. The first-order chi connectivity index (χ1) is 8.13. The van der Waals surface area contributed by atoms with E-state index in [0.29, 0.717) is 10.8 Å². The van der Waals surface area contributed by atoms with E-state index >= 15 is 0 Å². The van der Waals surface area contributed by atoms with Gasteiger partial charge in [-0.05, 0) is 46.1 Å². The van der Waals surface area contributed by atoms with E-state index in [1.165, 1.54) is 0 Å². The van der Waals surface area contributed by atoms with E-state index in [0.717, 1.165) is 15.6 Å². The van der Waals surface area contributed by atoms with Crippen molar-refractivity contribution in [3.05, 3.63) is 56.9 Å². The predicted molar refractivity (Wildman–Crippen MR) is 71.8 cm³/mol. The first kappa shape index (κ1) is 12.6. The molecular weight excluding hydrogens is 304 g/mol. The number of benzene rings is 1. The van der Waals surface area contributed by atoms with Gasteiger partial charge in [0.25, 0.3) is 0 Å². The maximum absolute atomic E-state index is 6.22. The molecule has 1 atom stereocenters. The number of nitrogens with two attached hydrogens (primary N) is 1. The second-order valence-electron chi connectivity index (χ2n) is 3.76. The Labute approximate surface area is 113 Å². The smallest absolute Gasteiger partial charge is 0.140 e. The number of halogens is 2. The lowest BCUT2D eigenvalue weighted by atomic mass is 10.0. The number of hydrogen-bond acceptors (Lipinski definition) is 3. The lowest BCUT2D eigenvalue weighted by molar-refractivity contribution is 0.450. The molecule has 0 amide bonds. The maximum Gasteiger partial charge on any atom is 0.140 e. The quantitative estimate of drug-likeness (QED) is 0.672. The van der Waals surface area contributed by atoms with Gasteiger partial charge in [0.2, 0.25) is 0 Å². The van der Waals surface area contributed by atoms with Crippen LogP contribution in [0.5, 0.6) is 0 Å². The summed E-state index contributed by atoms with van der Waals surface area (Å²) in [7, 11) is 0. The van der Waals surface area contributed by atoms with Gasteiger partial charge in [-0.2, -0.15) is 0 Å². The van der Waals surface area contributed by atoms with Gasteiger partial charge in [-0.1, -0.05) is 23.7 Å². The molecular formula is C12H12BrClN2O. The average Bonchev–Trinajstić information content (AvgIpc) is 2.69. The molecule has 0 aliphatic rings. The summed E-state index contributed by atoms with van der Waals surface area (Å²) in [6, 6.07) is 7.38. The van der Waals surface area contributed by atoms with Gasteiger partial charge < -0.3 is 4.42 Å². The van der Waals surface area contributed by atoms with Gasteiger partial charge in [-0.25, -0.2) is 5.43 Å². The predicted octanol–water partition coefficient (Wildman–Crippen LogP) is 3.56. The molecule has 0 bridgehead atoms. The highest BCUT2D eigenvalue weighted by molar-refractivity contribution is 9.10. The number of nitrogens with one attached hydrogen (secondary N) is 1. The summed E-state index contributed by atoms with van der Waals surface area (Å²) < 4.78 is 6.27. The van der Waals surface area contributed by atoms with Crippen molar-refractivity contribution in [1.29, 1.82) is 0 Å². The van der Waals surface area contributed by atoms with Crippen LogP contribution >= 0.6 is 27.5 Å². The Kier molecular flexibility index (Phi) is 3.89. The fourth-order valence-corrected chi connectivity index (χ4v) is 2.46. The Morgan fingerprint density at radius 2 is 2.18 bits per heavy atom. The Bertz CT molecular complexity index is 527.